The van der Waals surface area contributed by atoms with Crippen LogP contribution < -0.4 is 19.5 Å². The predicted molar refractivity (Wildman–Crippen MR) is 117 cm³/mol. The molecule has 8 nitrogen and oxygen atoms in total. The highest BCUT2D eigenvalue weighted by Crippen LogP contribution is 2.31. The molecule has 1 atom stereocenters. The molecule has 0 bridgehead atoms. The molecule has 0 radical (unpaired) electrons. The lowest BCUT2D eigenvalue weighted by atomic mass is 9.98. The van der Waals surface area contributed by atoms with E-state index >= 15 is 0 Å². The zero-order chi connectivity index (χ0) is 22.6. The van der Waals surface area contributed by atoms with Crippen LogP contribution in [0.3, 0.4) is 0 Å². The molecule has 1 fully saturated rings. The molecule has 0 spiro atoms. The number of aryl methyl sites for hydroxylation is 1. The van der Waals surface area contributed by atoms with Gasteiger partial charge < -0.3 is 19.5 Å². The smallest absolute Gasteiger partial charge is 0.243 e. The fourth-order valence-electron chi connectivity index (χ4n) is 3.68. The minimum Gasteiger partial charge on any atom is -0.497 e. The Hall–Kier alpha value is -2.78. The van der Waals surface area contributed by atoms with Crippen LogP contribution in [0.25, 0.3) is 0 Å². The Kier molecular flexibility index (Phi) is 7.07. The normalized spacial score (nSPS) is 17.1. The minimum atomic E-state index is -3.72. The average molecular weight is 449 g/mol. The molecule has 1 N–H and O–H groups in total. The molecular weight excluding hydrogens is 420 g/mol. The number of methoxy groups -OCH3 is 3. The van der Waals surface area contributed by atoms with E-state index in [1.165, 1.54) is 24.6 Å². The number of anilines is 1. The molecular formula is C22H28N2O6S. The van der Waals surface area contributed by atoms with E-state index < -0.39 is 15.9 Å². The summed E-state index contributed by atoms with van der Waals surface area (Å²) in [6, 6.07) is 9.89. The molecule has 1 aliphatic heterocycles. The first kappa shape index (κ1) is 22.9. The van der Waals surface area contributed by atoms with Gasteiger partial charge in [0.25, 0.3) is 0 Å². The van der Waals surface area contributed by atoms with Crippen LogP contribution in [-0.4, -0.2) is 53.0 Å². The van der Waals surface area contributed by atoms with Crippen LogP contribution >= 0.6 is 0 Å². The number of rotatable bonds is 7. The molecule has 31 heavy (non-hydrogen) atoms. The molecule has 1 aliphatic rings. The SMILES string of the molecule is COc1ccc(OC)c(NC(=O)C2CCCN(S(=O)(=O)c3ccc(OC)c(C)c3)C2)c1. The first-order valence-electron chi connectivity index (χ1n) is 9.97. The number of hydrogen-bond acceptors (Lipinski definition) is 6. The van der Waals surface area contributed by atoms with Gasteiger partial charge in [0.05, 0.1) is 37.8 Å². The van der Waals surface area contributed by atoms with Crippen LogP contribution in [0.2, 0.25) is 0 Å². The molecule has 0 saturated carbocycles. The second kappa shape index (κ2) is 9.57. The van der Waals surface area contributed by atoms with Crippen molar-refractivity contribution in [2.45, 2.75) is 24.7 Å². The van der Waals surface area contributed by atoms with Crippen molar-refractivity contribution in [1.82, 2.24) is 4.31 Å². The van der Waals surface area contributed by atoms with Crippen LogP contribution in [0.15, 0.2) is 41.3 Å². The van der Waals surface area contributed by atoms with Crippen LogP contribution in [-0.2, 0) is 14.8 Å². The van der Waals surface area contributed by atoms with Gasteiger partial charge in [-0.15, -0.1) is 0 Å². The van der Waals surface area contributed by atoms with Crippen molar-refractivity contribution in [3.05, 3.63) is 42.0 Å². The average Bonchev–Trinajstić information content (AvgIpc) is 2.78. The van der Waals surface area contributed by atoms with E-state index in [2.05, 4.69) is 5.32 Å². The Morgan fingerprint density at radius 3 is 2.39 bits per heavy atom. The maximum absolute atomic E-state index is 13.2. The van der Waals surface area contributed by atoms with Crippen molar-refractivity contribution in [1.29, 1.82) is 0 Å². The lowest BCUT2D eigenvalue weighted by Gasteiger charge is -2.31. The number of hydrogen-bond donors (Lipinski definition) is 1. The molecule has 2 aromatic carbocycles. The van der Waals surface area contributed by atoms with Crippen molar-refractivity contribution < 1.29 is 27.4 Å². The Morgan fingerprint density at radius 1 is 1.03 bits per heavy atom. The number of nitrogens with zero attached hydrogens (tertiary/aromatic N) is 1. The molecule has 9 heteroatoms. The van der Waals surface area contributed by atoms with E-state index in [4.69, 9.17) is 14.2 Å². The van der Waals surface area contributed by atoms with Crippen LogP contribution in [0.1, 0.15) is 18.4 Å². The van der Waals surface area contributed by atoms with Gasteiger partial charge in [-0.05, 0) is 55.7 Å². The van der Waals surface area contributed by atoms with Gasteiger partial charge in [0.1, 0.15) is 17.2 Å². The van der Waals surface area contributed by atoms with E-state index in [-0.39, 0.29) is 17.3 Å². The third-order valence-corrected chi connectivity index (χ3v) is 7.28. The molecule has 3 rings (SSSR count). The Morgan fingerprint density at radius 2 is 1.74 bits per heavy atom. The summed E-state index contributed by atoms with van der Waals surface area (Å²) in [7, 11) is 0.881. The Labute approximate surface area is 183 Å². The maximum Gasteiger partial charge on any atom is 0.243 e. The lowest BCUT2D eigenvalue weighted by molar-refractivity contribution is -0.120. The van der Waals surface area contributed by atoms with Crippen molar-refractivity contribution in [3.63, 3.8) is 0 Å². The number of ether oxygens (including phenoxy) is 3. The van der Waals surface area contributed by atoms with Gasteiger partial charge in [-0.25, -0.2) is 8.42 Å². The number of carbonyl (C=O) groups is 1. The Bertz CT molecular complexity index is 1050. The summed E-state index contributed by atoms with van der Waals surface area (Å²) in [4.78, 5) is 13.1. The quantitative estimate of drug-likeness (QED) is 0.700. The van der Waals surface area contributed by atoms with E-state index in [0.29, 0.717) is 42.3 Å². The van der Waals surface area contributed by atoms with Gasteiger partial charge in [0, 0.05) is 19.2 Å². The largest absolute Gasteiger partial charge is 0.497 e. The molecule has 1 unspecified atom stereocenters. The highest BCUT2D eigenvalue weighted by atomic mass is 32.2. The summed E-state index contributed by atoms with van der Waals surface area (Å²) < 4.78 is 43.5. The second-order valence-corrected chi connectivity index (χ2v) is 9.33. The number of amides is 1. The summed E-state index contributed by atoms with van der Waals surface area (Å²) >= 11 is 0. The predicted octanol–water partition coefficient (Wildman–Crippen LogP) is 3.06. The van der Waals surface area contributed by atoms with Gasteiger partial charge in [0.15, 0.2) is 0 Å². The summed E-state index contributed by atoms with van der Waals surface area (Å²) in [5.41, 5.74) is 1.22. The topological polar surface area (TPSA) is 94.2 Å². The monoisotopic (exact) mass is 448 g/mol. The lowest BCUT2D eigenvalue weighted by Crippen LogP contribution is -2.43. The van der Waals surface area contributed by atoms with Crippen molar-refractivity contribution in [2.75, 3.05) is 39.7 Å². The summed E-state index contributed by atoms with van der Waals surface area (Å²) in [5, 5.41) is 2.86. The van der Waals surface area contributed by atoms with E-state index in [9.17, 15) is 13.2 Å². The number of piperidine rings is 1. The Balaban J connectivity index is 1.77. The molecule has 168 valence electrons. The van der Waals surface area contributed by atoms with Gasteiger partial charge >= 0.3 is 0 Å². The fourth-order valence-corrected chi connectivity index (χ4v) is 5.29. The summed E-state index contributed by atoms with van der Waals surface area (Å²) in [5.74, 6) is 0.986. The highest BCUT2D eigenvalue weighted by Gasteiger charge is 2.33. The first-order chi connectivity index (χ1) is 14.8. The van der Waals surface area contributed by atoms with Crippen molar-refractivity contribution >= 4 is 21.6 Å². The van der Waals surface area contributed by atoms with Gasteiger partial charge in [-0.2, -0.15) is 4.31 Å². The van der Waals surface area contributed by atoms with Crippen molar-refractivity contribution in [3.8, 4) is 17.2 Å². The fraction of sp³-hybridized carbons (Fsp3) is 0.409. The van der Waals surface area contributed by atoms with E-state index in [1.807, 2.05) is 0 Å². The molecule has 0 aromatic heterocycles. The van der Waals surface area contributed by atoms with Crippen LogP contribution in [0.5, 0.6) is 17.2 Å². The van der Waals surface area contributed by atoms with Gasteiger partial charge in [-0.1, -0.05) is 0 Å². The van der Waals surface area contributed by atoms with Crippen molar-refractivity contribution in [2.24, 2.45) is 5.92 Å². The standard InChI is InChI=1S/C22H28N2O6S/c1-15-12-18(8-10-20(15)29-3)31(26,27)24-11-5-6-16(14-24)22(25)23-19-13-17(28-2)7-9-21(19)30-4/h7-10,12-13,16H,5-6,11,14H2,1-4H3,(H,23,25). The first-order valence-corrected chi connectivity index (χ1v) is 11.4. The third kappa shape index (κ3) is 4.94. The van der Waals surface area contributed by atoms with Gasteiger partial charge in [-0.3, -0.25) is 4.79 Å². The second-order valence-electron chi connectivity index (χ2n) is 7.39. The van der Waals surface area contributed by atoms with Crippen LogP contribution in [0.4, 0.5) is 5.69 Å². The number of nitrogens with one attached hydrogen (secondary N) is 1. The maximum atomic E-state index is 13.2. The molecule has 2 aromatic rings. The molecule has 1 heterocycles. The highest BCUT2D eigenvalue weighted by molar-refractivity contribution is 7.89. The zero-order valence-electron chi connectivity index (χ0n) is 18.2. The third-order valence-electron chi connectivity index (χ3n) is 5.42. The summed E-state index contributed by atoms with van der Waals surface area (Å²) in [6.07, 6.45) is 1.20. The van der Waals surface area contributed by atoms with Gasteiger partial charge in [0.2, 0.25) is 15.9 Å². The summed E-state index contributed by atoms with van der Waals surface area (Å²) in [6.45, 7) is 2.29. The molecule has 0 aliphatic carbocycles. The van der Waals surface area contributed by atoms with E-state index in [0.717, 1.165) is 5.56 Å². The number of benzene rings is 2. The molecule has 1 amide bonds. The number of carbonyl (C=O) groups excluding carboxylic acids is 1. The number of sulfonamides is 1. The minimum absolute atomic E-state index is 0.117. The molecule has 1 saturated heterocycles. The zero-order valence-corrected chi connectivity index (χ0v) is 19.0. The van der Waals surface area contributed by atoms with Crippen LogP contribution in [0, 0.1) is 12.8 Å². The van der Waals surface area contributed by atoms with E-state index in [1.54, 1.807) is 44.4 Å².